The Morgan fingerprint density at radius 3 is 2.88 bits per heavy atom. The van der Waals surface area contributed by atoms with Gasteiger partial charge >= 0.3 is 5.97 Å². The van der Waals surface area contributed by atoms with Gasteiger partial charge in [-0.3, -0.25) is 9.69 Å². The number of nitrogens with zero attached hydrogens (tertiary/aromatic N) is 1. The number of anilines is 1. The SMILES string of the molecule is C#CCN1C(=O)C(O)(C(=C)C(=O)OCCCC)c2cc(Br)ccc21. The molecule has 0 aliphatic carbocycles. The molecule has 0 saturated carbocycles. The van der Waals surface area contributed by atoms with Gasteiger partial charge in [-0.05, 0) is 24.6 Å². The number of ether oxygens (including phenoxy) is 1. The summed E-state index contributed by atoms with van der Waals surface area (Å²) in [5.74, 6) is 0.879. The normalized spacial score (nSPS) is 18.9. The van der Waals surface area contributed by atoms with E-state index in [0.717, 1.165) is 6.42 Å². The molecule has 0 bridgehead atoms. The third-order valence-electron chi connectivity index (χ3n) is 3.86. The second-order valence-electron chi connectivity index (χ2n) is 5.44. The van der Waals surface area contributed by atoms with Crippen molar-refractivity contribution in [1.82, 2.24) is 0 Å². The van der Waals surface area contributed by atoms with Crippen LogP contribution in [0.2, 0.25) is 0 Å². The highest BCUT2D eigenvalue weighted by Gasteiger charge is 2.54. The van der Waals surface area contributed by atoms with Gasteiger partial charge in [-0.1, -0.05) is 41.8 Å². The molecular weight excluding hydrogens is 374 g/mol. The summed E-state index contributed by atoms with van der Waals surface area (Å²) in [5, 5.41) is 11.0. The molecule has 1 N–H and O–H groups in total. The Morgan fingerprint density at radius 2 is 2.25 bits per heavy atom. The van der Waals surface area contributed by atoms with Crippen molar-refractivity contribution in [2.24, 2.45) is 0 Å². The maximum Gasteiger partial charge on any atom is 0.337 e. The average Bonchev–Trinajstić information content (AvgIpc) is 2.77. The van der Waals surface area contributed by atoms with Crippen molar-refractivity contribution in [3.8, 4) is 12.3 Å². The van der Waals surface area contributed by atoms with Gasteiger partial charge < -0.3 is 9.84 Å². The minimum absolute atomic E-state index is 0.0199. The number of halogens is 1. The van der Waals surface area contributed by atoms with Crippen molar-refractivity contribution in [2.75, 3.05) is 18.1 Å². The highest BCUT2D eigenvalue weighted by atomic mass is 79.9. The van der Waals surface area contributed by atoms with Gasteiger partial charge in [0.1, 0.15) is 0 Å². The van der Waals surface area contributed by atoms with Gasteiger partial charge in [0.05, 0.1) is 24.4 Å². The van der Waals surface area contributed by atoms with E-state index in [0.29, 0.717) is 16.6 Å². The number of carbonyl (C=O) groups excluding carboxylic acids is 2. The second kappa shape index (κ2) is 7.20. The van der Waals surface area contributed by atoms with Crippen LogP contribution in [0.4, 0.5) is 5.69 Å². The number of amides is 1. The first-order valence-corrected chi connectivity index (χ1v) is 8.31. The largest absolute Gasteiger partial charge is 0.462 e. The van der Waals surface area contributed by atoms with Crippen molar-refractivity contribution >= 4 is 33.5 Å². The number of terminal acetylenes is 1. The number of hydrogen-bond donors (Lipinski definition) is 1. The summed E-state index contributed by atoms with van der Waals surface area (Å²) in [7, 11) is 0. The lowest BCUT2D eigenvalue weighted by Crippen LogP contribution is -2.43. The van der Waals surface area contributed by atoms with E-state index < -0.39 is 17.5 Å². The van der Waals surface area contributed by atoms with Gasteiger partial charge in [-0.2, -0.15) is 0 Å². The van der Waals surface area contributed by atoms with Crippen LogP contribution in [0.25, 0.3) is 0 Å². The Bertz CT molecular complexity index is 737. The molecule has 1 aromatic carbocycles. The molecule has 1 atom stereocenters. The van der Waals surface area contributed by atoms with Crippen LogP contribution in [0.3, 0.4) is 0 Å². The fraction of sp³-hybridized carbons (Fsp3) is 0.333. The summed E-state index contributed by atoms with van der Waals surface area (Å²) in [6.07, 6.45) is 6.86. The number of benzene rings is 1. The molecule has 0 aromatic heterocycles. The molecular formula is C18H18BrNO4. The first kappa shape index (κ1) is 18.2. The van der Waals surface area contributed by atoms with Crippen LogP contribution in [-0.4, -0.2) is 30.1 Å². The zero-order valence-corrected chi connectivity index (χ0v) is 14.9. The van der Waals surface area contributed by atoms with Crippen LogP contribution in [-0.2, 0) is 19.9 Å². The number of aliphatic hydroxyl groups is 1. The third-order valence-corrected chi connectivity index (χ3v) is 4.35. The predicted octanol–water partition coefficient (Wildman–Crippen LogP) is 2.52. The van der Waals surface area contributed by atoms with Gasteiger partial charge in [0.2, 0.25) is 5.60 Å². The predicted molar refractivity (Wildman–Crippen MR) is 94.2 cm³/mol. The lowest BCUT2D eigenvalue weighted by atomic mass is 9.88. The van der Waals surface area contributed by atoms with Gasteiger partial charge in [0.15, 0.2) is 0 Å². The van der Waals surface area contributed by atoms with Crippen LogP contribution >= 0.6 is 15.9 Å². The van der Waals surface area contributed by atoms with Gasteiger partial charge in [0, 0.05) is 10.0 Å². The first-order valence-electron chi connectivity index (χ1n) is 7.52. The number of carbonyl (C=O) groups is 2. The monoisotopic (exact) mass is 391 g/mol. The summed E-state index contributed by atoms with van der Waals surface area (Å²) >= 11 is 3.31. The molecule has 0 fully saturated rings. The van der Waals surface area contributed by atoms with E-state index in [9.17, 15) is 14.7 Å². The van der Waals surface area contributed by atoms with E-state index in [-0.39, 0.29) is 24.3 Å². The summed E-state index contributed by atoms with van der Waals surface area (Å²) in [6, 6.07) is 4.96. The molecule has 1 heterocycles. The lowest BCUT2D eigenvalue weighted by Gasteiger charge is -2.23. The minimum Gasteiger partial charge on any atom is -0.462 e. The Balaban J connectivity index is 2.43. The average molecular weight is 392 g/mol. The molecule has 6 heteroatoms. The Labute approximate surface area is 149 Å². The van der Waals surface area contributed by atoms with Crippen LogP contribution in [0.5, 0.6) is 0 Å². The second-order valence-corrected chi connectivity index (χ2v) is 6.35. The van der Waals surface area contributed by atoms with E-state index in [4.69, 9.17) is 11.2 Å². The molecule has 1 aromatic rings. The number of esters is 1. The molecule has 0 radical (unpaired) electrons. The maximum atomic E-state index is 12.8. The van der Waals surface area contributed by atoms with Crippen molar-refractivity contribution in [2.45, 2.75) is 25.4 Å². The molecule has 126 valence electrons. The maximum absolute atomic E-state index is 12.8. The number of unbranched alkanes of at least 4 members (excludes halogenated alkanes) is 1. The van der Waals surface area contributed by atoms with E-state index in [1.54, 1.807) is 18.2 Å². The van der Waals surface area contributed by atoms with Gasteiger partial charge in [-0.25, -0.2) is 4.79 Å². The Kier molecular flexibility index (Phi) is 5.47. The summed E-state index contributed by atoms with van der Waals surface area (Å²) in [5.41, 5.74) is -1.79. The highest BCUT2D eigenvalue weighted by molar-refractivity contribution is 9.10. The van der Waals surface area contributed by atoms with Crippen LogP contribution in [0, 0.1) is 12.3 Å². The fourth-order valence-corrected chi connectivity index (χ4v) is 2.90. The zero-order chi connectivity index (χ0) is 17.9. The summed E-state index contributed by atoms with van der Waals surface area (Å²) < 4.78 is 5.74. The summed E-state index contributed by atoms with van der Waals surface area (Å²) in [6.45, 7) is 5.77. The standard InChI is InChI=1S/C18H18BrNO4/c1-4-6-10-24-16(21)12(3)18(23)14-11-13(19)7-8-15(14)20(9-5-2)17(18)22/h2,7-8,11,23H,3-4,6,9-10H2,1H3. The summed E-state index contributed by atoms with van der Waals surface area (Å²) in [4.78, 5) is 26.2. The smallest absolute Gasteiger partial charge is 0.337 e. The number of hydrogen-bond acceptors (Lipinski definition) is 4. The van der Waals surface area contributed by atoms with E-state index in [1.807, 2.05) is 6.92 Å². The van der Waals surface area contributed by atoms with Crippen LogP contribution in [0.1, 0.15) is 25.3 Å². The van der Waals surface area contributed by atoms with Crippen LogP contribution in [0.15, 0.2) is 34.8 Å². The lowest BCUT2D eigenvalue weighted by molar-refractivity contribution is -0.146. The zero-order valence-electron chi connectivity index (χ0n) is 13.3. The van der Waals surface area contributed by atoms with Crippen molar-refractivity contribution in [3.63, 3.8) is 0 Å². The molecule has 0 saturated heterocycles. The van der Waals surface area contributed by atoms with Crippen LogP contribution < -0.4 is 4.90 Å². The number of rotatable bonds is 6. The van der Waals surface area contributed by atoms with E-state index >= 15 is 0 Å². The molecule has 5 nitrogen and oxygen atoms in total. The van der Waals surface area contributed by atoms with E-state index in [2.05, 4.69) is 28.4 Å². The third kappa shape index (κ3) is 2.97. The molecule has 0 spiro atoms. The topological polar surface area (TPSA) is 66.8 Å². The first-order chi connectivity index (χ1) is 11.4. The van der Waals surface area contributed by atoms with Gasteiger partial charge in [0.25, 0.3) is 5.91 Å². The molecule has 24 heavy (non-hydrogen) atoms. The Morgan fingerprint density at radius 1 is 1.54 bits per heavy atom. The molecule has 1 unspecified atom stereocenters. The van der Waals surface area contributed by atoms with Gasteiger partial charge in [-0.15, -0.1) is 6.42 Å². The van der Waals surface area contributed by atoms with Crippen molar-refractivity contribution < 1.29 is 19.4 Å². The number of fused-ring (bicyclic) bond motifs is 1. The molecule has 2 rings (SSSR count). The van der Waals surface area contributed by atoms with Crippen molar-refractivity contribution in [1.29, 1.82) is 0 Å². The van der Waals surface area contributed by atoms with Crippen molar-refractivity contribution in [3.05, 3.63) is 40.4 Å². The Hall–Kier alpha value is -2.10. The fourth-order valence-electron chi connectivity index (χ4n) is 2.54. The molecule has 1 aliphatic heterocycles. The highest BCUT2D eigenvalue weighted by Crippen LogP contribution is 2.45. The quantitative estimate of drug-likeness (QED) is 0.350. The molecule has 1 amide bonds. The van der Waals surface area contributed by atoms with E-state index in [1.165, 1.54) is 4.90 Å². The molecule has 1 aliphatic rings. The minimum atomic E-state index is -2.18.